The van der Waals surface area contributed by atoms with Crippen LogP contribution in [-0.4, -0.2) is 11.4 Å². The molecule has 0 radical (unpaired) electrons. The molecule has 1 aromatic rings. The molecule has 0 aliphatic carbocycles. The van der Waals surface area contributed by atoms with Gasteiger partial charge in [-0.2, -0.15) is 0 Å². The zero-order valence-corrected chi connectivity index (χ0v) is 10.9. The summed E-state index contributed by atoms with van der Waals surface area (Å²) in [7, 11) is 0. The summed E-state index contributed by atoms with van der Waals surface area (Å²) in [6, 6.07) is 7.68. The summed E-state index contributed by atoms with van der Waals surface area (Å²) < 4.78 is 0. The molecule has 2 nitrogen and oxygen atoms in total. The van der Waals surface area contributed by atoms with Crippen molar-refractivity contribution in [2.45, 2.75) is 38.6 Å². The predicted molar refractivity (Wildman–Crippen MR) is 67.7 cm³/mol. The van der Waals surface area contributed by atoms with E-state index in [2.05, 4.69) is 5.32 Å². The monoisotopic (exact) mass is 239 g/mol. The largest absolute Gasteiger partial charge is 0.350 e. The fraction of sp³-hybridized carbons (Fsp3) is 0.462. The van der Waals surface area contributed by atoms with Gasteiger partial charge in [0.1, 0.15) is 5.38 Å². The number of alkyl halides is 1. The van der Waals surface area contributed by atoms with Crippen molar-refractivity contribution in [2.24, 2.45) is 0 Å². The van der Waals surface area contributed by atoms with E-state index in [-0.39, 0.29) is 11.4 Å². The number of halogens is 1. The maximum Gasteiger partial charge on any atom is 0.242 e. The summed E-state index contributed by atoms with van der Waals surface area (Å²) in [6.07, 6.45) is 0. The molecule has 0 fully saturated rings. The van der Waals surface area contributed by atoms with Crippen LogP contribution in [0, 0.1) is 6.92 Å². The molecule has 1 aromatic carbocycles. The number of carbonyl (C=O) groups excluding carboxylic acids is 1. The van der Waals surface area contributed by atoms with Crippen LogP contribution in [0.3, 0.4) is 0 Å². The second-order valence-corrected chi connectivity index (χ2v) is 5.45. The zero-order valence-electron chi connectivity index (χ0n) is 10.2. The molecule has 1 rings (SSSR count). The third kappa shape index (κ3) is 3.86. The number of benzene rings is 1. The topological polar surface area (TPSA) is 29.1 Å². The van der Waals surface area contributed by atoms with Gasteiger partial charge in [-0.3, -0.25) is 4.79 Å². The van der Waals surface area contributed by atoms with Gasteiger partial charge in [0.05, 0.1) is 0 Å². The van der Waals surface area contributed by atoms with Crippen LogP contribution in [-0.2, 0) is 4.79 Å². The van der Waals surface area contributed by atoms with Crippen LogP contribution in [0.5, 0.6) is 0 Å². The first kappa shape index (κ1) is 13.0. The van der Waals surface area contributed by atoms with E-state index in [9.17, 15) is 4.79 Å². The van der Waals surface area contributed by atoms with Crippen LogP contribution >= 0.6 is 11.6 Å². The maximum atomic E-state index is 11.8. The predicted octanol–water partition coefficient (Wildman–Crippen LogP) is 3.19. The Kier molecular flexibility index (Phi) is 3.98. The van der Waals surface area contributed by atoms with E-state index in [0.717, 1.165) is 11.1 Å². The van der Waals surface area contributed by atoms with E-state index in [0.29, 0.717) is 0 Å². The van der Waals surface area contributed by atoms with Gasteiger partial charge >= 0.3 is 0 Å². The molecule has 0 heterocycles. The van der Waals surface area contributed by atoms with Gasteiger partial charge in [0.25, 0.3) is 0 Å². The van der Waals surface area contributed by atoms with Gasteiger partial charge in [0.15, 0.2) is 0 Å². The molecule has 1 atom stereocenters. The molecule has 0 spiro atoms. The van der Waals surface area contributed by atoms with Crippen molar-refractivity contribution in [3.8, 4) is 0 Å². The van der Waals surface area contributed by atoms with Gasteiger partial charge in [-0.05, 0) is 33.3 Å². The lowest BCUT2D eigenvalue weighted by molar-refractivity contribution is -0.122. The Balaban J connectivity index is 2.74. The summed E-state index contributed by atoms with van der Waals surface area (Å²) in [5.74, 6) is -0.155. The van der Waals surface area contributed by atoms with Crippen LogP contribution in [0.4, 0.5) is 0 Å². The normalized spacial score (nSPS) is 13.3. The fourth-order valence-electron chi connectivity index (χ4n) is 1.32. The van der Waals surface area contributed by atoms with Crippen molar-refractivity contribution in [2.75, 3.05) is 0 Å². The highest BCUT2D eigenvalue weighted by Gasteiger charge is 2.21. The smallest absolute Gasteiger partial charge is 0.242 e. The van der Waals surface area contributed by atoms with Crippen molar-refractivity contribution in [3.05, 3.63) is 35.4 Å². The van der Waals surface area contributed by atoms with Crippen LogP contribution in [0.25, 0.3) is 0 Å². The molecule has 16 heavy (non-hydrogen) atoms. The lowest BCUT2D eigenvalue weighted by atomic mass is 10.1. The van der Waals surface area contributed by atoms with E-state index < -0.39 is 5.38 Å². The lowest BCUT2D eigenvalue weighted by Gasteiger charge is -2.22. The Morgan fingerprint density at radius 2 is 1.75 bits per heavy atom. The minimum Gasteiger partial charge on any atom is -0.350 e. The van der Waals surface area contributed by atoms with Crippen LogP contribution in [0.1, 0.15) is 37.3 Å². The summed E-state index contributed by atoms with van der Waals surface area (Å²) in [5.41, 5.74) is 1.73. The molecule has 1 amide bonds. The Bertz CT molecular complexity index is 365. The van der Waals surface area contributed by atoms with E-state index in [4.69, 9.17) is 11.6 Å². The first-order valence-electron chi connectivity index (χ1n) is 5.32. The molecule has 0 bridgehead atoms. The average molecular weight is 240 g/mol. The van der Waals surface area contributed by atoms with Crippen LogP contribution in [0.2, 0.25) is 0 Å². The Morgan fingerprint density at radius 1 is 1.25 bits per heavy atom. The van der Waals surface area contributed by atoms with Crippen LogP contribution in [0.15, 0.2) is 24.3 Å². The van der Waals surface area contributed by atoms with E-state index >= 15 is 0 Å². The molecular weight excluding hydrogens is 222 g/mol. The molecule has 0 aliphatic rings. The van der Waals surface area contributed by atoms with Crippen molar-refractivity contribution in [1.82, 2.24) is 5.32 Å². The minimum atomic E-state index is -0.625. The third-order valence-electron chi connectivity index (χ3n) is 2.10. The van der Waals surface area contributed by atoms with Gasteiger partial charge in [-0.1, -0.05) is 29.8 Å². The average Bonchev–Trinajstić information content (AvgIpc) is 2.15. The zero-order chi connectivity index (χ0) is 12.3. The maximum absolute atomic E-state index is 11.8. The van der Waals surface area contributed by atoms with E-state index in [1.54, 1.807) is 0 Å². The Morgan fingerprint density at radius 3 is 2.19 bits per heavy atom. The number of rotatable bonds is 2. The highest BCUT2D eigenvalue weighted by atomic mass is 35.5. The molecule has 0 saturated heterocycles. The lowest BCUT2D eigenvalue weighted by Crippen LogP contribution is -2.42. The molecule has 88 valence electrons. The van der Waals surface area contributed by atoms with Gasteiger partial charge in [-0.25, -0.2) is 0 Å². The van der Waals surface area contributed by atoms with Gasteiger partial charge in [-0.15, -0.1) is 11.6 Å². The number of hydrogen-bond donors (Lipinski definition) is 1. The molecule has 0 saturated carbocycles. The molecule has 3 heteroatoms. The SMILES string of the molecule is Cc1ccc(C(Cl)C(=O)NC(C)(C)C)cc1. The second-order valence-electron chi connectivity index (χ2n) is 5.01. The van der Waals surface area contributed by atoms with Crippen molar-refractivity contribution in [3.63, 3.8) is 0 Å². The molecule has 1 N–H and O–H groups in total. The van der Waals surface area contributed by atoms with Gasteiger partial charge in [0, 0.05) is 5.54 Å². The number of amides is 1. The molecule has 0 aromatic heterocycles. The summed E-state index contributed by atoms with van der Waals surface area (Å²) in [5, 5.41) is 2.24. The van der Waals surface area contributed by atoms with Gasteiger partial charge < -0.3 is 5.32 Å². The molecule has 0 aliphatic heterocycles. The Labute approximate surface area is 102 Å². The summed E-state index contributed by atoms with van der Waals surface area (Å²) in [6.45, 7) is 7.80. The molecule has 1 unspecified atom stereocenters. The summed E-state index contributed by atoms with van der Waals surface area (Å²) >= 11 is 6.10. The minimum absolute atomic E-state index is 0.155. The first-order chi connectivity index (χ1) is 7.29. The number of hydrogen-bond acceptors (Lipinski definition) is 1. The highest BCUT2D eigenvalue weighted by molar-refractivity contribution is 6.30. The van der Waals surface area contributed by atoms with E-state index in [1.807, 2.05) is 52.0 Å². The Hall–Kier alpha value is -1.02. The standard InChI is InChI=1S/C13H18ClNO/c1-9-5-7-10(8-6-9)11(14)12(16)15-13(2,3)4/h5-8,11H,1-4H3,(H,15,16). The van der Waals surface area contributed by atoms with E-state index in [1.165, 1.54) is 0 Å². The van der Waals surface area contributed by atoms with Crippen molar-refractivity contribution in [1.29, 1.82) is 0 Å². The van der Waals surface area contributed by atoms with Gasteiger partial charge in [0.2, 0.25) is 5.91 Å². The number of carbonyl (C=O) groups is 1. The molecular formula is C13H18ClNO. The summed E-state index contributed by atoms with van der Waals surface area (Å²) in [4.78, 5) is 11.8. The van der Waals surface area contributed by atoms with Crippen LogP contribution < -0.4 is 5.32 Å². The fourth-order valence-corrected chi connectivity index (χ4v) is 1.52. The van der Waals surface area contributed by atoms with Crippen molar-refractivity contribution >= 4 is 17.5 Å². The quantitative estimate of drug-likeness (QED) is 0.789. The second kappa shape index (κ2) is 4.88. The third-order valence-corrected chi connectivity index (χ3v) is 2.55. The highest BCUT2D eigenvalue weighted by Crippen LogP contribution is 2.21. The first-order valence-corrected chi connectivity index (χ1v) is 5.76. The van der Waals surface area contributed by atoms with Crippen molar-refractivity contribution < 1.29 is 4.79 Å². The number of aryl methyl sites for hydroxylation is 1. The number of nitrogens with one attached hydrogen (secondary N) is 1.